The lowest BCUT2D eigenvalue weighted by Gasteiger charge is -2.15. The number of amides is 1. The van der Waals surface area contributed by atoms with E-state index in [-0.39, 0.29) is 29.0 Å². The quantitative estimate of drug-likeness (QED) is 0.352. The Kier molecular flexibility index (Phi) is 8.39. The van der Waals surface area contributed by atoms with E-state index in [2.05, 4.69) is 19.2 Å². The molecule has 6 nitrogen and oxygen atoms in total. The fourth-order valence-electron chi connectivity index (χ4n) is 2.77. The average Bonchev–Trinajstić information content (AvgIpc) is 2.71. The van der Waals surface area contributed by atoms with Crippen LogP contribution in [0.5, 0.6) is 11.5 Å². The number of hydrogen-bond acceptors (Lipinski definition) is 5. The number of ether oxygens (including phenoxy) is 2. The van der Waals surface area contributed by atoms with Gasteiger partial charge >= 0.3 is 0 Å². The second-order valence-electron chi connectivity index (χ2n) is 6.75. The molecule has 0 unspecified atom stereocenters. The summed E-state index contributed by atoms with van der Waals surface area (Å²) in [6, 6.07) is 14.8. The predicted molar refractivity (Wildman–Crippen MR) is 123 cm³/mol. The van der Waals surface area contributed by atoms with Crippen LogP contribution in [-0.2, 0) is 4.79 Å². The number of nitrogens with two attached hydrogens (primary N) is 1. The van der Waals surface area contributed by atoms with Crippen molar-refractivity contribution in [2.45, 2.75) is 26.7 Å². The van der Waals surface area contributed by atoms with Crippen molar-refractivity contribution in [3.8, 4) is 17.6 Å². The first-order chi connectivity index (χ1) is 14.3. The number of thiocarbonyl (C=S) groups is 1. The molecule has 3 N–H and O–H groups in total. The minimum absolute atomic E-state index is 0.0223. The zero-order valence-electron chi connectivity index (χ0n) is 17.3. The third kappa shape index (κ3) is 6.33. The van der Waals surface area contributed by atoms with Crippen LogP contribution in [0.2, 0.25) is 0 Å². The summed E-state index contributed by atoms with van der Waals surface area (Å²) in [6.45, 7) is 6.23. The van der Waals surface area contributed by atoms with Crippen molar-refractivity contribution < 1.29 is 14.3 Å². The van der Waals surface area contributed by atoms with Crippen molar-refractivity contribution in [1.29, 1.82) is 5.26 Å². The summed E-state index contributed by atoms with van der Waals surface area (Å²) in [5.74, 6) is 0.902. The van der Waals surface area contributed by atoms with E-state index in [1.165, 1.54) is 0 Å². The van der Waals surface area contributed by atoms with Gasteiger partial charge in [-0.25, -0.2) is 0 Å². The van der Waals surface area contributed by atoms with Gasteiger partial charge in [0.25, 0.3) is 5.91 Å². The molecule has 0 aliphatic heterocycles. The Labute approximate surface area is 182 Å². The van der Waals surface area contributed by atoms with Gasteiger partial charge in [-0.3, -0.25) is 4.79 Å². The highest BCUT2D eigenvalue weighted by Crippen LogP contribution is 2.30. The number of nitrogens with zero attached hydrogens (tertiary/aromatic N) is 1. The Morgan fingerprint density at radius 2 is 1.97 bits per heavy atom. The molecular weight excluding hydrogens is 398 g/mol. The first kappa shape index (κ1) is 22.9. The van der Waals surface area contributed by atoms with Gasteiger partial charge < -0.3 is 20.5 Å². The lowest BCUT2D eigenvalue weighted by atomic mass is 10.0. The third-order valence-electron chi connectivity index (χ3n) is 4.18. The fourth-order valence-corrected chi connectivity index (χ4v) is 2.88. The Morgan fingerprint density at radius 3 is 2.60 bits per heavy atom. The lowest BCUT2D eigenvalue weighted by molar-refractivity contribution is -0.118. The Morgan fingerprint density at radius 1 is 1.23 bits per heavy atom. The number of carbonyl (C=O) groups excluding carboxylic acids is 1. The molecule has 0 aromatic heterocycles. The van der Waals surface area contributed by atoms with E-state index in [1.807, 2.05) is 37.3 Å². The fraction of sp³-hybridized carbons (Fsp3) is 0.261. The van der Waals surface area contributed by atoms with Crippen LogP contribution >= 0.6 is 12.2 Å². The second-order valence-corrected chi connectivity index (χ2v) is 7.19. The van der Waals surface area contributed by atoms with Gasteiger partial charge in [-0.05, 0) is 48.2 Å². The topological polar surface area (TPSA) is 97.4 Å². The smallest absolute Gasteiger partial charge is 0.262 e. The second kappa shape index (κ2) is 11.0. The van der Waals surface area contributed by atoms with Gasteiger partial charge in [0.05, 0.1) is 12.2 Å². The monoisotopic (exact) mass is 423 g/mol. The van der Waals surface area contributed by atoms with Gasteiger partial charge in [-0.1, -0.05) is 50.3 Å². The minimum atomic E-state index is -0.269. The Balaban J connectivity index is 2.14. The molecule has 0 aliphatic carbocycles. The number of nitrogens with one attached hydrogen (secondary N) is 1. The predicted octanol–water partition coefficient (Wildman–Crippen LogP) is 4.42. The maximum Gasteiger partial charge on any atom is 0.262 e. The van der Waals surface area contributed by atoms with Gasteiger partial charge in [-0.2, -0.15) is 5.26 Å². The van der Waals surface area contributed by atoms with Crippen molar-refractivity contribution in [2.24, 2.45) is 5.73 Å². The first-order valence-corrected chi connectivity index (χ1v) is 9.96. The van der Waals surface area contributed by atoms with Gasteiger partial charge in [0.1, 0.15) is 11.1 Å². The third-order valence-corrected chi connectivity index (χ3v) is 4.40. The van der Waals surface area contributed by atoms with Gasteiger partial charge in [0.15, 0.2) is 18.1 Å². The molecule has 2 rings (SSSR count). The highest BCUT2D eigenvalue weighted by atomic mass is 32.1. The van der Waals surface area contributed by atoms with Crippen molar-refractivity contribution >= 4 is 34.9 Å². The molecule has 0 spiro atoms. The molecule has 7 heteroatoms. The van der Waals surface area contributed by atoms with Crippen LogP contribution in [0.25, 0.3) is 6.08 Å². The van der Waals surface area contributed by atoms with Crippen LogP contribution in [0.15, 0.2) is 48.0 Å². The zero-order chi connectivity index (χ0) is 22.1. The molecule has 0 bridgehead atoms. The summed E-state index contributed by atoms with van der Waals surface area (Å²) < 4.78 is 11.3. The molecule has 0 saturated heterocycles. The maximum absolute atomic E-state index is 12.4. The highest BCUT2D eigenvalue weighted by molar-refractivity contribution is 7.80. The lowest BCUT2D eigenvalue weighted by Crippen LogP contribution is -2.21. The SMILES string of the molecule is CCOc1cc(C=C(C#N)C(N)=S)ccc1OCC(=O)Nc1ccccc1C(C)C. The molecule has 0 atom stereocenters. The molecule has 30 heavy (non-hydrogen) atoms. The largest absolute Gasteiger partial charge is 0.490 e. The van der Waals surface area contributed by atoms with Gasteiger partial charge in [0.2, 0.25) is 0 Å². The number of rotatable bonds is 9. The van der Waals surface area contributed by atoms with Crippen molar-refractivity contribution in [2.75, 3.05) is 18.5 Å². The van der Waals surface area contributed by atoms with Crippen molar-refractivity contribution in [1.82, 2.24) is 0 Å². The van der Waals surface area contributed by atoms with Gasteiger partial charge in [-0.15, -0.1) is 0 Å². The number of hydrogen-bond donors (Lipinski definition) is 2. The summed E-state index contributed by atoms with van der Waals surface area (Å²) in [4.78, 5) is 12.4. The molecule has 0 heterocycles. The van der Waals surface area contributed by atoms with Crippen molar-refractivity contribution in [3.05, 3.63) is 59.2 Å². The van der Waals surface area contributed by atoms with E-state index in [0.29, 0.717) is 23.7 Å². The first-order valence-electron chi connectivity index (χ1n) is 9.55. The molecule has 2 aromatic carbocycles. The van der Waals surface area contributed by atoms with E-state index in [0.717, 1.165) is 11.3 Å². The van der Waals surface area contributed by atoms with Crippen LogP contribution in [0.3, 0.4) is 0 Å². The van der Waals surface area contributed by atoms with E-state index < -0.39 is 0 Å². The molecule has 0 aliphatic rings. The van der Waals surface area contributed by atoms with E-state index >= 15 is 0 Å². The Hall–Kier alpha value is -3.37. The van der Waals surface area contributed by atoms with Crippen LogP contribution in [0.4, 0.5) is 5.69 Å². The Bertz CT molecular complexity index is 993. The standard InChI is InChI=1S/C23H25N3O3S/c1-4-28-21-12-16(11-17(13-24)23(25)30)9-10-20(21)29-14-22(27)26-19-8-6-5-7-18(19)15(2)3/h5-12,15H,4,14H2,1-3H3,(H2,25,30)(H,26,27). The number of carbonyl (C=O) groups is 1. The number of para-hydroxylation sites is 1. The number of anilines is 1. The van der Waals surface area contributed by atoms with Crippen molar-refractivity contribution in [3.63, 3.8) is 0 Å². The van der Waals surface area contributed by atoms with Crippen LogP contribution in [0, 0.1) is 11.3 Å². The molecule has 1 amide bonds. The average molecular weight is 424 g/mol. The minimum Gasteiger partial charge on any atom is -0.490 e. The van der Waals surface area contributed by atoms with Crippen LogP contribution in [-0.4, -0.2) is 24.1 Å². The van der Waals surface area contributed by atoms with Crippen LogP contribution < -0.4 is 20.5 Å². The molecular formula is C23H25N3O3S. The maximum atomic E-state index is 12.4. The molecule has 156 valence electrons. The summed E-state index contributed by atoms with van der Waals surface area (Å²) >= 11 is 4.86. The summed E-state index contributed by atoms with van der Waals surface area (Å²) in [5.41, 5.74) is 8.25. The zero-order valence-corrected chi connectivity index (χ0v) is 18.1. The summed E-state index contributed by atoms with van der Waals surface area (Å²) in [5, 5.41) is 12.0. The van der Waals surface area contributed by atoms with E-state index in [4.69, 9.17) is 32.7 Å². The van der Waals surface area contributed by atoms with Crippen LogP contribution in [0.1, 0.15) is 37.8 Å². The van der Waals surface area contributed by atoms with E-state index in [9.17, 15) is 4.79 Å². The summed E-state index contributed by atoms with van der Waals surface area (Å²) in [7, 11) is 0. The molecule has 0 saturated carbocycles. The highest BCUT2D eigenvalue weighted by Gasteiger charge is 2.12. The normalized spacial score (nSPS) is 11.0. The molecule has 2 aromatic rings. The van der Waals surface area contributed by atoms with Gasteiger partial charge in [0, 0.05) is 5.69 Å². The summed E-state index contributed by atoms with van der Waals surface area (Å²) in [6.07, 6.45) is 1.57. The van der Waals surface area contributed by atoms with E-state index in [1.54, 1.807) is 24.3 Å². The molecule has 0 radical (unpaired) electrons. The number of nitriles is 1. The molecule has 0 fully saturated rings. The number of benzene rings is 2.